The lowest BCUT2D eigenvalue weighted by Gasteiger charge is -2.32. The molecule has 0 spiro atoms. The van der Waals surface area contributed by atoms with Crippen LogP contribution in [0.25, 0.3) is 0 Å². The van der Waals surface area contributed by atoms with E-state index in [0.717, 1.165) is 31.5 Å². The number of amides is 2. The summed E-state index contributed by atoms with van der Waals surface area (Å²) in [5.41, 5.74) is 1.10. The van der Waals surface area contributed by atoms with Crippen LogP contribution in [0.1, 0.15) is 44.1 Å². The zero-order valence-electron chi connectivity index (χ0n) is 15.2. The van der Waals surface area contributed by atoms with Crippen molar-refractivity contribution in [1.82, 2.24) is 15.5 Å². The molecule has 3 N–H and O–H groups in total. The van der Waals surface area contributed by atoms with E-state index in [1.165, 1.54) is 12.8 Å². The lowest BCUT2D eigenvalue weighted by atomic mass is 9.99. The number of hydrogen-bond donors (Lipinski definition) is 3. The highest BCUT2D eigenvalue weighted by atomic mass is 16.4. The highest BCUT2D eigenvalue weighted by molar-refractivity contribution is 5.75. The van der Waals surface area contributed by atoms with Crippen molar-refractivity contribution < 1.29 is 14.7 Å². The van der Waals surface area contributed by atoms with E-state index >= 15 is 0 Å². The summed E-state index contributed by atoms with van der Waals surface area (Å²) in [5, 5.41) is 15.1. The molecule has 3 rings (SSSR count). The number of carboxylic acid groups (broad SMARTS) is 1. The molecule has 6 heteroatoms. The van der Waals surface area contributed by atoms with Crippen molar-refractivity contribution >= 4 is 12.0 Å². The van der Waals surface area contributed by atoms with Gasteiger partial charge in [-0.25, -0.2) is 4.79 Å². The Morgan fingerprint density at radius 2 is 1.96 bits per heavy atom. The molecule has 0 aliphatic carbocycles. The van der Waals surface area contributed by atoms with Crippen molar-refractivity contribution in [2.75, 3.05) is 13.1 Å². The topological polar surface area (TPSA) is 81.7 Å². The lowest BCUT2D eigenvalue weighted by molar-refractivity contribution is -0.137. The van der Waals surface area contributed by atoms with Gasteiger partial charge in [0.05, 0.1) is 0 Å². The molecule has 0 saturated carbocycles. The molecule has 142 valence electrons. The molecule has 2 aliphatic heterocycles. The maximum atomic E-state index is 12.5. The SMILES string of the molecule is O=C(O)CCC(Cc1ccccc1)NC(=O)NC1CCN2CCCCC12. The van der Waals surface area contributed by atoms with Crippen molar-refractivity contribution in [2.24, 2.45) is 0 Å². The van der Waals surface area contributed by atoms with E-state index < -0.39 is 5.97 Å². The third-order valence-electron chi connectivity index (χ3n) is 5.54. The molecule has 1 aromatic rings. The highest BCUT2D eigenvalue weighted by Gasteiger charge is 2.36. The van der Waals surface area contributed by atoms with Gasteiger partial charge in [0, 0.05) is 31.1 Å². The highest BCUT2D eigenvalue weighted by Crippen LogP contribution is 2.27. The number of benzene rings is 1. The minimum Gasteiger partial charge on any atom is -0.481 e. The quantitative estimate of drug-likeness (QED) is 0.698. The summed E-state index contributed by atoms with van der Waals surface area (Å²) in [5.74, 6) is -0.834. The van der Waals surface area contributed by atoms with E-state index in [-0.39, 0.29) is 24.5 Å². The van der Waals surface area contributed by atoms with Gasteiger partial charge in [0.1, 0.15) is 0 Å². The third-order valence-corrected chi connectivity index (χ3v) is 5.54. The third kappa shape index (κ3) is 5.21. The van der Waals surface area contributed by atoms with Crippen LogP contribution < -0.4 is 10.6 Å². The normalized spacial score (nSPS) is 23.8. The number of hydrogen-bond acceptors (Lipinski definition) is 3. The maximum Gasteiger partial charge on any atom is 0.315 e. The zero-order chi connectivity index (χ0) is 18.4. The molecule has 3 unspecified atom stereocenters. The first kappa shape index (κ1) is 18.7. The standard InChI is InChI=1S/C20H29N3O3/c24-19(25)10-9-16(14-15-6-2-1-3-7-15)21-20(26)22-17-11-13-23-12-5-4-8-18(17)23/h1-3,6-7,16-18H,4-5,8-14H2,(H,24,25)(H2,21,22,26). The number of rotatable bonds is 7. The molecule has 2 saturated heterocycles. The molecule has 0 bridgehead atoms. The van der Waals surface area contributed by atoms with Crippen LogP contribution in [0.4, 0.5) is 4.79 Å². The van der Waals surface area contributed by atoms with E-state index in [0.29, 0.717) is 18.9 Å². The molecule has 2 amide bonds. The minimum atomic E-state index is -0.834. The maximum absolute atomic E-state index is 12.5. The van der Waals surface area contributed by atoms with E-state index in [2.05, 4.69) is 15.5 Å². The molecule has 26 heavy (non-hydrogen) atoms. The molecule has 2 heterocycles. The fourth-order valence-electron chi connectivity index (χ4n) is 4.23. The van der Waals surface area contributed by atoms with Crippen LogP contribution in [-0.2, 0) is 11.2 Å². The second-order valence-corrected chi connectivity index (χ2v) is 7.43. The Bertz CT molecular complexity index is 608. The summed E-state index contributed by atoms with van der Waals surface area (Å²) in [4.78, 5) is 26.0. The zero-order valence-corrected chi connectivity index (χ0v) is 15.2. The monoisotopic (exact) mass is 359 g/mol. The molecule has 0 radical (unpaired) electrons. The van der Waals surface area contributed by atoms with Crippen molar-refractivity contribution in [2.45, 2.75) is 63.1 Å². The summed E-state index contributed by atoms with van der Waals surface area (Å²) in [6.45, 7) is 2.20. The molecule has 0 aromatic heterocycles. The van der Waals surface area contributed by atoms with Crippen LogP contribution in [0, 0.1) is 0 Å². The average Bonchev–Trinajstić information content (AvgIpc) is 3.03. The first-order chi connectivity index (χ1) is 12.6. The van der Waals surface area contributed by atoms with E-state index in [1.54, 1.807) is 0 Å². The molecule has 3 atom stereocenters. The van der Waals surface area contributed by atoms with Gasteiger partial charge in [-0.05, 0) is 44.2 Å². The Balaban J connectivity index is 1.54. The van der Waals surface area contributed by atoms with Crippen LogP contribution in [0.5, 0.6) is 0 Å². The average molecular weight is 359 g/mol. The predicted molar refractivity (Wildman–Crippen MR) is 100 cm³/mol. The van der Waals surface area contributed by atoms with Crippen LogP contribution in [0.2, 0.25) is 0 Å². The molecule has 2 aliphatic rings. The van der Waals surface area contributed by atoms with E-state index in [1.807, 2.05) is 30.3 Å². The summed E-state index contributed by atoms with van der Waals surface area (Å²) in [7, 11) is 0. The Kier molecular flexibility index (Phi) is 6.50. The summed E-state index contributed by atoms with van der Waals surface area (Å²) >= 11 is 0. The largest absolute Gasteiger partial charge is 0.481 e. The number of carbonyl (C=O) groups is 2. The molecule has 2 fully saturated rings. The fourth-order valence-corrected chi connectivity index (χ4v) is 4.23. The van der Waals surface area contributed by atoms with Gasteiger partial charge in [-0.15, -0.1) is 0 Å². The minimum absolute atomic E-state index is 0.0532. The van der Waals surface area contributed by atoms with Gasteiger partial charge in [0.15, 0.2) is 0 Å². The number of piperidine rings is 1. The summed E-state index contributed by atoms with van der Waals surface area (Å²) < 4.78 is 0. The predicted octanol–water partition coefficient (Wildman–Crippen LogP) is 2.39. The fraction of sp³-hybridized carbons (Fsp3) is 0.600. The van der Waals surface area contributed by atoms with Gasteiger partial charge >= 0.3 is 12.0 Å². The van der Waals surface area contributed by atoms with E-state index in [4.69, 9.17) is 5.11 Å². The first-order valence-corrected chi connectivity index (χ1v) is 9.68. The second kappa shape index (κ2) is 9.03. The number of urea groups is 1. The van der Waals surface area contributed by atoms with Crippen LogP contribution >= 0.6 is 0 Å². The molecular formula is C20H29N3O3. The Labute approximate surface area is 155 Å². The van der Waals surface area contributed by atoms with Gasteiger partial charge in [0.2, 0.25) is 0 Å². The van der Waals surface area contributed by atoms with Gasteiger partial charge < -0.3 is 15.7 Å². The van der Waals surface area contributed by atoms with Gasteiger partial charge in [-0.1, -0.05) is 36.8 Å². The van der Waals surface area contributed by atoms with Gasteiger partial charge in [0.25, 0.3) is 0 Å². The number of carboxylic acids is 1. The smallest absolute Gasteiger partial charge is 0.315 e. The molecule has 6 nitrogen and oxygen atoms in total. The van der Waals surface area contributed by atoms with Crippen molar-refractivity contribution in [3.05, 3.63) is 35.9 Å². The van der Waals surface area contributed by atoms with Crippen molar-refractivity contribution in [3.63, 3.8) is 0 Å². The molecule has 1 aromatic carbocycles. The van der Waals surface area contributed by atoms with Gasteiger partial charge in [-0.2, -0.15) is 0 Å². The Morgan fingerprint density at radius 1 is 1.15 bits per heavy atom. The first-order valence-electron chi connectivity index (χ1n) is 9.68. The number of nitrogens with one attached hydrogen (secondary N) is 2. The second-order valence-electron chi connectivity index (χ2n) is 7.43. The summed E-state index contributed by atoms with van der Waals surface area (Å²) in [6.07, 6.45) is 5.76. The van der Waals surface area contributed by atoms with Crippen molar-refractivity contribution in [1.29, 1.82) is 0 Å². The summed E-state index contributed by atoms with van der Waals surface area (Å²) in [6, 6.07) is 10.2. The number of fused-ring (bicyclic) bond motifs is 1. The van der Waals surface area contributed by atoms with E-state index in [9.17, 15) is 9.59 Å². The number of aliphatic carboxylic acids is 1. The Morgan fingerprint density at radius 3 is 2.73 bits per heavy atom. The molecular weight excluding hydrogens is 330 g/mol. The van der Waals surface area contributed by atoms with Crippen molar-refractivity contribution in [3.8, 4) is 0 Å². The number of carbonyl (C=O) groups excluding carboxylic acids is 1. The van der Waals surface area contributed by atoms with Crippen LogP contribution in [0.15, 0.2) is 30.3 Å². The van der Waals surface area contributed by atoms with Gasteiger partial charge in [-0.3, -0.25) is 9.69 Å². The number of nitrogens with zero attached hydrogens (tertiary/aromatic N) is 1. The Hall–Kier alpha value is -2.08. The van der Waals surface area contributed by atoms with Crippen LogP contribution in [-0.4, -0.2) is 53.2 Å². The van der Waals surface area contributed by atoms with Crippen LogP contribution in [0.3, 0.4) is 0 Å². The lowest BCUT2D eigenvalue weighted by Crippen LogP contribution is -2.51.